The van der Waals surface area contributed by atoms with Crippen molar-refractivity contribution >= 4 is 26.7 Å². The van der Waals surface area contributed by atoms with Gasteiger partial charge in [0.2, 0.25) is 10.7 Å². The maximum atomic E-state index is 11.7. The Morgan fingerprint density at radius 3 is 2.62 bits per heavy atom. The number of aromatic amines is 1. The van der Waals surface area contributed by atoms with E-state index in [9.17, 15) is 4.79 Å². The zero-order valence-corrected chi connectivity index (χ0v) is 14.5. The Labute approximate surface area is 130 Å². The highest BCUT2D eigenvalue weighted by Gasteiger charge is 2.29. The molecule has 0 saturated heterocycles. The molecule has 0 fully saturated rings. The highest BCUT2D eigenvalue weighted by atomic mass is 32.1. The van der Waals surface area contributed by atoms with E-state index >= 15 is 0 Å². The molecule has 0 atom stereocenters. The molecular weight excluding hydrogens is 310 g/mol. The Balaban J connectivity index is 2.28. The highest BCUT2D eigenvalue weighted by Crippen LogP contribution is 2.15. The van der Waals surface area contributed by atoms with Crippen molar-refractivity contribution in [2.45, 2.75) is 39.4 Å². The molecule has 1 rings (SSSR count). The van der Waals surface area contributed by atoms with Gasteiger partial charge in [0.25, 0.3) is 0 Å². The van der Waals surface area contributed by atoms with Gasteiger partial charge in [-0.05, 0) is 45.1 Å². The number of H-pyrrole nitrogens is 1. The van der Waals surface area contributed by atoms with E-state index in [1.165, 1.54) is 4.68 Å². The summed E-state index contributed by atoms with van der Waals surface area (Å²) >= 11 is 4.90. The molecular formula is C11H23N5O3SSi. The molecule has 2 N–H and O–H groups in total. The van der Waals surface area contributed by atoms with Gasteiger partial charge >= 0.3 is 8.56 Å². The van der Waals surface area contributed by atoms with Gasteiger partial charge < -0.3 is 14.2 Å². The number of hydrogen-bond donors (Lipinski definition) is 2. The summed E-state index contributed by atoms with van der Waals surface area (Å²) in [6, 6.07) is 0.847. The molecule has 0 aliphatic rings. The van der Waals surface area contributed by atoms with E-state index < -0.39 is 8.56 Å². The first-order valence-electron chi connectivity index (χ1n) is 7.03. The summed E-state index contributed by atoms with van der Waals surface area (Å²) in [6.45, 7) is 7.97. The Bertz CT molecular complexity index is 486. The molecule has 0 spiro atoms. The van der Waals surface area contributed by atoms with Crippen LogP contribution in [0.1, 0.15) is 20.3 Å². The molecule has 21 heavy (non-hydrogen) atoms. The lowest BCUT2D eigenvalue weighted by Crippen LogP contribution is -2.39. The molecule has 0 aliphatic heterocycles. The number of tetrazole rings is 1. The number of amides is 1. The lowest BCUT2D eigenvalue weighted by atomic mass is 10.4. The van der Waals surface area contributed by atoms with Crippen LogP contribution in [0.3, 0.4) is 0 Å². The number of rotatable bonds is 10. The lowest BCUT2D eigenvalue weighted by molar-refractivity contribution is -0.121. The fourth-order valence-corrected chi connectivity index (χ4v) is 4.51. The van der Waals surface area contributed by atoms with E-state index in [-0.39, 0.29) is 17.2 Å². The summed E-state index contributed by atoms with van der Waals surface area (Å²) in [7, 11) is -2.09. The largest absolute Gasteiger partial charge is 0.395 e. The van der Waals surface area contributed by atoms with E-state index in [1.54, 1.807) is 0 Å². The number of aromatic nitrogens is 4. The van der Waals surface area contributed by atoms with Crippen molar-refractivity contribution in [2.24, 2.45) is 0 Å². The third-order valence-electron chi connectivity index (χ3n) is 2.86. The summed E-state index contributed by atoms with van der Waals surface area (Å²) in [4.78, 5) is 11.7. The van der Waals surface area contributed by atoms with Crippen LogP contribution in [0.4, 0.5) is 0 Å². The van der Waals surface area contributed by atoms with Crippen LogP contribution >= 0.6 is 12.2 Å². The van der Waals surface area contributed by atoms with Gasteiger partial charge in [-0.3, -0.25) is 4.79 Å². The molecule has 10 heteroatoms. The monoisotopic (exact) mass is 333 g/mol. The third-order valence-corrected chi connectivity index (χ3v) is 6.23. The molecule has 8 nitrogen and oxygen atoms in total. The first-order valence-corrected chi connectivity index (χ1v) is 9.96. The maximum absolute atomic E-state index is 11.7. The van der Waals surface area contributed by atoms with E-state index in [0.717, 1.165) is 12.5 Å². The van der Waals surface area contributed by atoms with Gasteiger partial charge in [0.1, 0.15) is 6.54 Å². The van der Waals surface area contributed by atoms with Crippen molar-refractivity contribution in [3.8, 4) is 0 Å². The first-order chi connectivity index (χ1) is 10.0. The summed E-state index contributed by atoms with van der Waals surface area (Å²) in [5, 5.41) is 12.5. The molecule has 0 aliphatic carbocycles. The second-order valence-corrected chi connectivity index (χ2v) is 8.33. The van der Waals surface area contributed by atoms with Crippen molar-refractivity contribution in [1.29, 1.82) is 0 Å². The average Bonchev–Trinajstić information content (AvgIpc) is 2.81. The zero-order valence-electron chi connectivity index (χ0n) is 12.7. The molecule has 1 heterocycles. The Kier molecular flexibility index (Phi) is 7.71. The zero-order chi connectivity index (χ0) is 15.7. The third kappa shape index (κ3) is 6.46. The van der Waals surface area contributed by atoms with E-state index in [1.807, 2.05) is 13.8 Å². The second-order valence-electron chi connectivity index (χ2n) is 4.62. The smallest absolute Gasteiger partial charge is 0.334 e. The maximum Gasteiger partial charge on any atom is 0.334 e. The quantitative estimate of drug-likeness (QED) is 0.377. The molecule has 0 bridgehead atoms. The van der Waals surface area contributed by atoms with E-state index in [0.29, 0.717) is 19.8 Å². The van der Waals surface area contributed by atoms with Gasteiger partial charge in [-0.2, -0.15) is 5.21 Å². The van der Waals surface area contributed by atoms with Crippen LogP contribution in [0.15, 0.2) is 0 Å². The summed E-state index contributed by atoms with van der Waals surface area (Å²) < 4.78 is 13.2. The number of nitrogens with zero attached hydrogens (tertiary/aromatic N) is 3. The Morgan fingerprint density at radius 1 is 1.43 bits per heavy atom. The number of nitrogens with one attached hydrogen (secondary N) is 2. The van der Waals surface area contributed by atoms with E-state index in [4.69, 9.17) is 21.1 Å². The fraction of sp³-hybridized carbons (Fsp3) is 0.818. The first kappa shape index (κ1) is 17.9. The van der Waals surface area contributed by atoms with Crippen LogP contribution in [0.25, 0.3) is 0 Å². The van der Waals surface area contributed by atoms with Crippen LogP contribution in [-0.2, 0) is 20.2 Å². The van der Waals surface area contributed by atoms with Crippen LogP contribution in [0, 0.1) is 4.77 Å². The molecule has 1 aromatic heterocycles. The van der Waals surface area contributed by atoms with Crippen molar-refractivity contribution in [3.05, 3.63) is 4.77 Å². The number of hydrogen-bond acceptors (Lipinski definition) is 6. The van der Waals surface area contributed by atoms with Crippen molar-refractivity contribution in [3.63, 3.8) is 0 Å². The molecule has 0 saturated carbocycles. The number of carbonyl (C=O) groups excluding carboxylic acids is 1. The van der Waals surface area contributed by atoms with Gasteiger partial charge in [0.05, 0.1) is 0 Å². The minimum Gasteiger partial charge on any atom is -0.395 e. The molecule has 1 aromatic rings. The second kappa shape index (κ2) is 9.03. The minimum atomic E-state index is -2.09. The Hall–Kier alpha value is -1.10. The van der Waals surface area contributed by atoms with Crippen molar-refractivity contribution < 1.29 is 13.6 Å². The Morgan fingerprint density at radius 2 is 2.10 bits per heavy atom. The molecule has 0 unspecified atom stereocenters. The molecule has 120 valence electrons. The SMILES string of the molecule is CCO[Si](C)(CCCNC(=O)Cn1[nH]nnc1=S)OCC. The fourth-order valence-electron chi connectivity index (χ4n) is 1.95. The van der Waals surface area contributed by atoms with E-state index in [2.05, 4.69) is 27.4 Å². The van der Waals surface area contributed by atoms with Crippen LogP contribution in [-0.4, -0.2) is 54.4 Å². The topological polar surface area (TPSA) is 94.1 Å². The summed E-state index contributed by atoms with van der Waals surface area (Å²) in [5.41, 5.74) is 0. The molecule has 1 amide bonds. The van der Waals surface area contributed by atoms with Crippen LogP contribution in [0.2, 0.25) is 12.6 Å². The predicted octanol–water partition coefficient (Wildman–Crippen LogP) is 0.987. The highest BCUT2D eigenvalue weighted by molar-refractivity contribution is 7.71. The summed E-state index contributed by atoms with van der Waals surface area (Å²) in [6.07, 6.45) is 0.821. The summed E-state index contributed by atoms with van der Waals surface area (Å²) in [5.74, 6) is -0.131. The average molecular weight is 333 g/mol. The van der Waals surface area contributed by atoms with Gasteiger partial charge in [0, 0.05) is 19.8 Å². The minimum absolute atomic E-state index is 0.0947. The standard InChI is InChI=1S/C11H23N5O3SSi/c1-4-18-21(3,19-5-2)8-6-7-12-10(17)9-16-11(20)13-14-15-16/h4-9H2,1-3H3,(H,12,17)(H,13,15,20). The predicted molar refractivity (Wildman–Crippen MR) is 82.5 cm³/mol. The van der Waals surface area contributed by atoms with Gasteiger partial charge in [0.15, 0.2) is 0 Å². The van der Waals surface area contributed by atoms with Crippen LogP contribution in [0.5, 0.6) is 0 Å². The normalized spacial score (nSPS) is 11.6. The van der Waals surface area contributed by atoms with Gasteiger partial charge in [-0.25, -0.2) is 4.68 Å². The van der Waals surface area contributed by atoms with Gasteiger partial charge in [-0.15, -0.1) is 0 Å². The van der Waals surface area contributed by atoms with Crippen molar-refractivity contribution in [1.82, 2.24) is 25.5 Å². The lowest BCUT2D eigenvalue weighted by Gasteiger charge is -2.25. The molecule has 0 radical (unpaired) electrons. The van der Waals surface area contributed by atoms with Gasteiger partial charge in [-0.1, -0.05) is 10.3 Å². The molecule has 0 aromatic carbocycles. The van der Waals surface area contributed by atoms with Crippen LogP contribution < -0.4 is 5.32 Å². The number of carbonyl (C=O) groups is 1. The van der Waals surface area contributed by atoms with Crippen molar-refractivity contribution in [2.75, 3.05) is 19.8 Å².